The van der Waals surface area contributed by atoms with Crippen LogP contribution in [0.15, 0.2) is 77.1 Å². The van der Waals surface area contributed by atoms with Crippen LogP contribution in [0, 0.1) is 6.92 Å². The van der Waals surface area contributed by atoms with Crippen LogP contribution < -0.4 is 10.0 Å². The first-order chi connectivity index (χ1) is 14.9. The van der Waals surface area contributed by atoms with E-state index in [9.17, 15) is 13.2 Å². The number of carbonyl (C=O) groups excluding carboxylic acids is 1. The molecule has 0 fully saturated rings. The number of aryl methyl sites for hydroxylation is 1. The summed E-state index contributed by atoms with van der Waals surface area (Å²) in [6.45, 7) is 1.70. The normalized spacial score (nSPS) is 11.4. The lowest BCUT2D eigenvalue weighted by Crippen LogP contribution is -2.20. The van der Waals surface area contributed by atoms with Crippen molar-refractivity contribution in [1.29, 1.82) is 0 Å². The molecule has 7 nitrogen and oxygen atoms in total. The highest BCUT2D eigenvalue weighted by Gasteiger charge is 2.21. The summed E-state index contributed by atoms with van der Waals surface area (Å²) < 4.78 is 28.5. The second kappa shape index (κ2) is 8.46. The number of benzene rings is 2. The van der Waals surface area contributed by atoms with Crippen LogP contribution >= 0.6 is 11.3 Å². The molecule has 2 N–H and O–H groups in total. The van der Waals surface area contributed by atoms with Crippen LogP contribution in [0.2, 0.25) is 0 Å². The molecule has 2 aromatic heterocycles. The number of rotatable bonds is 6. The minimum absolute atomic E-state index is 0.117. The first-order valence-electron chi connectivity index (χ1n) is 9.43. The first kappa shape index (κ1) is 21.0. The molecule has 0 aliphatic rings. The topological polar surface area (TPSA) is 93.1 Å². The molecule has 0 saturated carbocycles. The van der Waals surface area contributed by atoms with Gasteiger partial charge in [-0.15, -0.1) is 11.3 Å². The van der Waals surface area contributed by atoms with Crippen molar-refractivity contribution >= 4 is 33.0 Å². The average molecular weight is 453 g/mol. The quantitative estimate of drug-likeness (QED) is 0.461. The van der Waals surface area contributed by atoms with Crippen LogP contribution in [0.5, 0.6) is 0 Å². The fraction of sp³-hybridized carbons (Fsp3) is 0.0909. The van der Waals surface area contributed by atoms with Gasteiger partial charge in [0.25, 0.3) is 5.91 Å². The van der Waals surface area contributed by atoms with Gasteiger partial charge in [-0.05, 0) is 55.2 Å². The number of hydrogen-bond acceptors (Lipinski definition) is 5. The minimum Gasteiger partial charge on any atom is -0.322 e. The van der Waals surface area contributed by atoms with E-state index in [4.69, 9.17) is 0 Å². The molecule has 4 aromatic rings. The lowest BCUT2D eigenvalue weighted by Gasteiger charge is -2.10. The Labute approximate surface area is 184 Å². The van der Waals surface area contributed by atoms with Gasteiger partial charge in [-0.25, -0.2) is 17.8 Å². The molecule has 0 radical (unpaired) electrons. The maximum atomic E-state index is 13.2. The maximum absolute atomic E-state index is 13.2. The Morgan fingerprint density at radius 2 is 1.84 bits per heavy atom. The summed E-state index contributed by atoms with van der Waals surface area (Å²) in [7, 11) is -2.29. The standard InChI is InChI=1S/C22H20N4O3S2/c1-15-10-11-16(13-20(15)31(28,29)23-2)24-22(27)18-14-26(17-7-4-3-5-8-17)25-21(18)19-9-6-12-30-19/h3-14,23H,1-2H3,(H,24,27). The molecule has 0 bridgehead atoms. The Kier molecular flexibility index (Phi) is 5.73. The summed E-state index contributed by atoms with van der Waals surface area (Å²) in [5, 5.41) is 9.36. The molecule has 31 heavy (non-hydrogen) atoms. The number of carbonyl (C=O) groups is 1. The number of thiophene rings is 1. The van der Waals surface area contributed by atoms with Crippen molar-refractivity contribution in [2.45, 2.75) is 11.8 Å². The molecule has 9 heteroatoms. The monoisotopic (exact) mass is 452 g/mol. The Morgan fingerprint density at radius 3 is 2.52 bits per heavy atom. The van der Waals surface area contributed by atoms with Crippen molar-refractivity contribution in [3.8, 4) is 16.3 Å². The molecule has 0 atom stereocenters. The van der Waals surface area contributed by atoms with E-state index < -0.39 is 10.0 Å². The Morgan fingerprint density at radius 1 is 1.06 bits per heavy atom. The smallest absolute Gasteiger partial charge is 0.259 e. The molecule has 0 aliphatic carbocycles. The van der Waals surface area contributed by atoms with E-state index in [1.807, 2.05) is 47.8 Å². The van der Waals surface area contributed by atoms with Gasteiger partial charge in [0.2, 0.25) is 10.0 Å². The molecule has 1 amide bonds. The highest BCUT2D eigenvalue weighted by Crippen LogP contribution is 2.29. The molecule has 2 aromatic carbocycles. The van der Waals surface area contributed by atoms with Crippen molar-refractivity contribution < 1.29 is 13.2 Å². The maximum Gasteiger partial charge on any atom is 0.259 e. The van der Waals surface area contributed by atoms with Crippen molar-refractivity contribution in [2.24, 2.45) is 0 Å². The van der Waals surface area contributed by atoms with Crippen LogP contribution in [0.4, 0.5) is 5.69 Å². The van der Waals surface area contributed by atoms with Gasteiger partial charge >= 0.3 is 0 Å². The van der Waals surface area contributed by atoms with Crippen molar-refractivity contribution in [3.05, 3.63) is 83.4 Å². The van der Waals surface area contributed by atoms with Gasteiger partial charge < -0.3 is 5.32 Å². The van der Waals surface area contributed by atoms with E-state index in [0.29, 0.717) is 22.5 Å². The highest BCUT2D eigenvalue weighted by molar-refractivity contribution is 7.89. The van der Waals surface area contributed by atoms with E-state index >= 15 is 0 Å². The van der Waals surface area contributed by atoms with E-state index in [-0.39, 0.29) is 10.8 Å². The third kappa shape index (κ3) is 4.29. The van der Waals surface area contributed by atoms with Gasteiger partial charge in [-0.3, -0.25) is 4.79 Å². The molecule has 0 saturated heterocycles. The average Bonchev–Trinajstić information content (AvgIpc) is 3.45. The lowest BCUT2D eigenvalue weighted by atomic mass is 10.2. The second-order valence-corrected chi connectivity index (χ2v) is 9.59. The summed E-state index contributed by atoms with van der Waals surface area (Å²) in [6, 6.07) is 18.1. The number of para-hydroxylation sites is 1. The lowest BCUT2D eigenvalue weighted by molar-refractivity contribution is 0.102. The SMILES string of the molecule is CNS(=O)(=O)c1cc(NC(=O)c2cn(-c3ccccc3)nc2-c2cccs2)ccc1C. The Balaban J connectivity index is 1.72. The molecular weight excluding hydrogens is 432 g/mol. The van der Waals surface area contributed by atoms with Gasteiger partial charge in [0.15, 0.2) is 0 Å². The van der Waals surface area contributed by atoms with Crippen LogP contribution in [-0.4, -0.2) is 31.2 Å². The summed E-state index contributed by atoms with van der Waals surface area (Å²) >= 11 is 1.49. The molecule has 158 valence electrons. The van der Waals surface area contributed by atoms with Gasteiger partial charge in [-0.1, -0.05) is 30.3 Å². The van der Waals surface area contributed by atoms with Crippen molar-refractivity contribution in [1.82, 2.24) is 14.5 Å². The Hall–Kier alpha value is -3.27. The van der Waals surface area contributed by atoms with E-state index in [1.54, 1.807) is 29.9 Å². The number of sulfonamides is 1. The fourth-order valence-electron chi connectivity index (χ4n) is 3.12. The van der Waals surface area contributed by atoms with Gasteiger partial charge in [0, 0.05) is 11.9 Å². The molecule has 0 unspecified atom stereocenters. The van der Waals surface area contributed by atoms with Crippen LogP contribution in [-0.2, 0) is 10.0 Å². The van der Waals surface area contributed by atoms with Crippen LogP contribution in [0.3, 0.4) is 0 Å². The van der Waals surface area contributed by atoms with Crippen LogP contribution in [0.25, 0.3) is 16.3 Å². The fourth-order valence-corrected chi connectivity index (χ4v) is 4.84. The molecule has 2 heterocycles. The largest absolute Gasteiger partial charge is 0.322 e. The van der Waals surface area contributed by atoms with Gasteiger partial charge in [0.1, 0.15) is 5.69 Å². The van der Waals surface area contributed by atoms with Gasteiger partial charge in [0.05, 0.1) is 21.0 Å². The number of aromatic nitrogens is 2. The van der Waals surface area contributed by atoms with E-state index in [1.165, 1.54) is 24.5 Å². The zero-order chi connectivity index (χ0) is 22.0. The zero-order valence-corrected chi connectivity index (χ0v) is 18.5. The predicted molar refractivity (Wildman–Crippen MR) is 122 cm³/mol. The summed E-state index contributed by atoms with van der Waals surface area (Å²) in [4.78, 5) is 14.1. The third-order valence-corrected chi connectivity index (χ3v) is 7.17. The Bertz CT molecular complexity index is 1330. The number of nitrogens with one attached hydrogen (secondary N) is 2. The zero-order valence-electron chi connectivity index (χ0n) is 16.9. The van der Waals surface area contributed by atoms with Crippen molar-refractivity contribution in [2.75, 3.05) is 12.4 Å². The van der Waals surface area contributed by atoms with E-state index in [2.05, 4.69) is 15.1 Å². The summed E-state index contributed by atoms with van der Waals surface area (Å²) in [6.07, 6.45) is 1.68. The second-order valence-electron chi connectivity index (χ2n) is 6.79. The predicted octanol–water partition coefficient (Wildman–Crippen LogP) is 4.07. The number of hydrogen-bond donors (Lipinski definition) is 2. The van der Waals surface area contributed by atoms with Gasteiger partial charge in [-0.2, -0.15) is 5.10 Å². The number of amides is 1. The van der Waals surface area contributed by atoms with Crippen LogP contribution in [0.1, 0.15) is 15.9 Å². The summed E-state index contributed by atoms with van der Waals surface area (Å²) in [5.41, 5.74) is 2.76. The molecule has 0 aliphatic heterocycles. The number of anilines is 1. The minimum atomic E-state index is -3.64. The molecular formula is C22H20N4O3S2. The third-order valence-electron chi connectivity index (χ3n) is 4.74. The van der Waals surface area contributed by atoms with E-state index in [0.717, 1.165) is 10.6 Å². The molecule has 4 rings (SSSR count). The number of nitrogens with zero attached hydrogens (tertiary/aromatic N) is 2. The summed E-state index contributed by atoms with van der Waals surface area (Å²) in [5.74, 6) is -0.373. The molecule has 0 spiro atoms. The first-order valence-corrected chi connectivity index (χ1v) is 11.8. The highest BCUT2D eigenvalue weighted by atomic mass is 32.2. The van der Waals surface area contributed by atoms with Crippen molar-refractivity contribution in [3.63, 3.8) is 0 Å².